The van der Waals surface area contributed by atoms with Crippen LogP contribution >= 0.6 is 0 Å². The molecule has 3 heteroatoms. The largest absolute Gasteiger partial charge is 0.492 e. The van der Waals surface area contributed by atoms with Crippen LogP contribution in [0.2, 0.25) is 0 Å². The molecule has 3 nitrogen and oxygen atoms in total. The highest BCUT2D eigenvalue weighted by Gasteiger charge is 2.30. The highest BCUT2D eigenvalue weighted by atomic mass is 16.5. The van der Waals surface area contributed by atoms with Gasteiger partial charge in [0.25, 0.3) is 0 Å². The van der Waals surface area contributed by atoms with Gasteiger partial charge in [0.05, 0.1) is 6.10 Å². The van der Waals surface area contributed by atoms with Crippen LogP contribution in [0, 0.1) is 6.92 Å². The van der Waals surface area contributed by atoms with Crippen molar-refractivity contribution in [3.63, 3.8) is 0 Å². The van der Waals surface area contributed by atoms with Gasteiger partial charge in [0.2, 0.25) is 0 Å². The summed E-state index contributed by atoms with van der Waals surface area (Å²) in [5, 5.41) is 3.58. The number of hydrogen-bond donors (Lipinski definition) is 1. The first-order valence-electron chi connectivity index (χ1n) is 7.24. The minimum atomic E-state index is 0.369. The number of hydrogen-bond acceptors (Lipinski definition) is 3. The van der Waals surface area contributed by atoms with Crippen LogP contribution in [0.5, 0.6) is 5.75 Å². The topological polar surface area (TPSA) is 30.5 Å². The van der Waals surface area contributed by atoms with E-state index < -0.39 is 0 Å². The molecule has 1 aromatic carbocycles. The second-order valence-corrected chi connectivity index (χ2v) is 5.44. The number of nitrogens with one attached hydrogen (secondary N) is 1. The van der Waals surface area contributed by atoms with Crippen molar-refractivity contribution in [3.05, 3.63) is 29.8 Å². The molecule has 0 radical (unpaired) electrons. The van der Waals surface area contributed by atoms with Crippen molar-refractivity contribution in [2.45, 2.75) is 51.8 Å². The summed E-state index contributed by atoms with van der Waals surface area (Å²) in [6.45, 7) is 7.84. The molecule has 1 fully saturated rings. The van der Waals surface area contributed by atoms with Crippen molar-refractivity contribution >= 4 is 0 Å². The van der Waals surface area contributed by atoms with Crippen LogP contribution in [0.3, 0.4) is 0 Å². The van der Waals surface area contributed by atoms with Gasteiger partial charge in [-0.25, -0.2) is 0 Å². The van der Waals surface area contributed by atoms with E-state index in [4.69, 9.17) is 9.47 Å². The number of rotatable bonds is 7. The molecule has 0 saturated heterocycles. The molecule has 1 aromatic rings. The summed E-state index contributed by atoms with van der Waals surface area (Å²) in [6.07, 6.45) is 2.72. The molecular formula is C16H25NO2. The first-order chi connectivity index (χ1) is 9.17. The average Bonchev–Trinajstić information content (AvgIpc) is 2.36. The van der Waals surface area contributed by atoms with E-state index in [0.29, 0.717) is 24.8 Å². The van der Waals surface area contributed by atoms with Crippen LogP contribution in [-0.4, -0.2) is 31.4 Å². The molecule has 1 saturated carbocycles. The van der Waals surface area contributed by atoms with E-state index in [1.165, 1.54) is 5.56 Å². The lowest BCUT2D eigenvalue weighted by Gasteiger charge is -2.37. The van der Waals surface area contributed by atoms with Crippen molar-refractivity contribution in [1.29, 1.82) is 0 Å². The summed E-state index contributed by atoms with van der Waals surface area (Å²) in [5.41, 5.74) is 1.26. The smallest absolute Gasteiger partial charge is 0.119 e. The molecule has 1 aliphatic carbocycles. The summed E-state index contributed by atoms with van der Waals surface area (Å²) in [6, 6.07) is 9.16. The fraction of sp³-hybridized carbons (Fsp3) is 0.625. The van der Waals surface area contributed by atoms with Crippen LogP contribution in [0.1, 0.15) is 32.3 Å². The second kappa shape index (κ2) is 6.92. The Bertz CT molecular complexity index is 371. The molecular weight excluding hydrogens is 238 g/mol. The number of aryl methyl sites for hydroxylation is 1. The van der Waals surface area contributed by atoms with Crippen LogP contribution < -0.4 is 10.1 Å². The lowest BCUT2D eigenvalue weighted by Crippen LogP contribution is -2.50. The molecule has 0 amide bonds. The summed E-state index contributed by atoms with van der Waals surface area (Å²) in [4.78, 5) is 0. The molecule has 0 bridgehead atoms. The van der Waals surface area contributed by atoms with E-state index in [1.807, 2.05) is 12.1 Å². The van der Waals surface area contributed by atoms with Gasteiger partial charge >= 0.3 is 0 Å². The Labute approximate surface area is 116 Å². The predicted octanol–water partition coefficient (Wildman–Crippen LogP) is 2.92. The minimum Gasteiger partial charge on any atom is -0.492 e. The summed E-state index contributed by atoms with van der Waals surface area (Å²) in [7, 11) is 0. The molecule has 0 spiro atoms. The van der Waals surface area contributed by atoms with Crippen molar-refractivity contribution in [2.75, 3.05) is 13.2 Å². The fourth-order valence-electron chi connectivity index (χ4n) is 2.38. The Kier molecular flexibility index (Phi) is 5.23. The van der Waals surface area contributed by atoms with Gasteiger partial charge in [-0.15, -0.1) is 0 Å². The van der Waals surface area contributed by atoms with Gasteiger partial charge < -0.3 is 14.8 Å². The third-order valence-corrected chi connectivity index (χ3v) is 3.54. The van der Waals surface area contributed by atoms with Gasteiger partial charge in [-0.05, 0) is 45.7 Å². The minimum absolute atomic E-state index is 0.369. The van der Waals surface area contributed by atoms with Gasteiger partial charge in [-0.3, -0.25) is 0 Å². The van der Waals surface area contributed by atoms with Gasteiger partial charge in [-0.2, -0.15) is 0 Å². The van der Waals surface area contributed by atoms with Crippen molar-refractivity contribution in [3.8, 4) is 5.75 Å². The molecule has 0 aliphatic heterocycles. The van der Waals surface area contributed by atoms with Crippen LogP contribution in [0.25, 0.3) is 0 Å². The Balaban J connectivity index is 1.63. The summed E-state index contributed by atoms with van der Waals surface area (Å²) < 4.78 is 11.3. The zero-order valence-electron chi connectivity index (χ0n) is 12.2. The van der Waals surface area contributed by atoms with Gasteiger partial charge in [0.15, 0.2) is 0 Å². The van der Waals surface area contributed by atoms with Crippen molar-refractivity contribution < 1.29 is 9.47 Å². The van der Waals surface area contributed by atoms with Gasteiger partial charge in [0.1, 0.15) is 12.4 Å². The Morgan fingerprint density at radius 1 is 1.26 bits per heavy atom. The Morgan fingerprint density at radius 2 is 1.95 bits per heavy atom. The molecule has 19 heavy (non-hydrogen) atoms. The Morgan fingerprint density at radius 3 is 2.58 bits per heavy atom. The van der Waals surface area contributed by atoms with Crippen molar-refractivity contribution in [2.24, 2.45) is 0 Å². The highest BCUT2D eigenvalue weighted by Crippen LogP contribution is 2.23. The maximum Gasteiger partial charge on any atom is 0.119 e. The zero-order chi connectivity index (χ0) is 13.7. The maximum atomic E-state index is 5.77. The highest BCUT2D eigenvalue weighted by molar-refractivity contribution is 5.26. The van der Waals surface area contributed by atoms with E-state index in [-0.39, 0.29) is 0 Å². The SMILES string of the molecule is CCOC1CC(NC(C)COc2ccc(C)cc2)C1. The number of ether oxygens (including phenoxy) is 2. The van der Waals surface area contributed by atoms with Gasteiger partial charge in [0, 0.05) is 18.7 Å². The monoisotopic (exact) mass is 263 g/mol. The van der Waals surface area contributed by atoms with E-state index in [1.54, 1.807) is 0 Å². The van der Waals surface area contributed by atoms with Crippen molar-refractivity contribution in [1.82, 2.24) is 5.32 Å². The molecule has 1 atom stereocenters. The molecule has 1 N–H and O–H groups in total. The fourth-order valence-corrected chi connectivity index (χ4v) is 2.38. The van der Waals surface area contributed by atoms with E-state index in [2.05, 4.69) is 38.2 Å². The standard InChI is InChI=1S/C16H25NO2/c1-4-18-16-9-14(10-16)17-13(3)11-19-15-7-5-12(2)6-8-15/h5-8,13-14,16-17H,4,9-11H2,1-3H3. The van der Waals surface area contributed by atoms with Crippen LogP contribution in [0.4, 0.5) is 0 Å². The van der Waals surface area contributed by atoms with Crippen LogP contribution in [-0.2, 0) is 4.74 Å². The normalized spacial score (nSPS) is 23.7. The average molecular weight is 263 g/mol. The lowest BCUT2D eigenvalue weighted by molar-refractivity contribution is -0.0130. The summed E-state index contributed by atoms with van der Waals surface area (Å²) in [5.74, 6) is 0.944. The molecule has 1 unspecified atom stereocenters. The maximum absolute atomic E-state index is 5.77. The molecule has 106 valence electrons. The van der Waals surface area contributed by atoms with Gasteiger partial charge in [-0.1, -0.05) is 17.7 Å². The first-order valence-corrected chi connectivity index (χ1v) is 7.24. The van der Waals surface area contributed by atoms with E-state index in [9.17, 15) is 0 Å². The third-order valence-electron chi connectivity index (χ3n) is 3.54. The molecule has 0 aromatic heterocycles. The number of benzene rings is 1. The third kappa shape index (κ3) is 4.51. The van der Waals surface area contributed by atoms with E-state index >= 15 is 0 Å². The predicted molar refractivity (Wildman–Crippen MR) is 77.7 cm³/mol. The lowest BCUT2D eigenvalue weighted by atomic mass is 9.89. The quantitative estimate of drug-likeness (QED) is 0.820. The summed E-state index contributed by atoms with van der Waals surface area (Å²) >= 11 is 0. The molecule has 0 heterocycles. The molecule has 1 aliphatic rings. The second-order valence-electron chi connectivity index (χ2n) is 5.44. The first kappa shape index (κ1) is 14.4. The van der Waals surface area contributed by atoms with Crippen LogP contribution in [0.15, 0.2) is 24.3 Å². The Hall–Kier alpha value is -1.06. The zero-order valence-corrected chi connectivity index (χ0v) is 12.2. The molecule has 2 rings (SSSR count). The van der Waals surface area contributed by atoms with E-state index in [0.717, 1.165) is 25.2 Å².